The van der Waals surface area contributed by atoms with Crippen LogP contribution in [-0.2, 0) is 4.79 Å². The first-order valence-electron chi connectivity index (χ1n) is 10.9. The van der Waals surface area contributed by atoms with E-state index in [1.165, 1.54) is 37.1 Å². The van der Waals surface area contributed by atoms with Crippen LogP contribution in [-0.4, -0.2) is 35.0 Å². The summed E-state index contributed by atoms with van der Waals surface area (Å²) in [4.78, 5) is 29.9. The molecule has 3 aromatic rings. The number of nitrogens with zero attached hydrogens (tertiary/aromatic N) is 3. The molecule has 1 atom stereocenters. The summed E-state index contributed by atoms with van der Waals surface area (Å²) in [5.74, 6) is 1.14. The number of fused-ring (bicyclic) bond motifs is 1. The molecule has 1 fully saturated rings. The van der Waals surface area contributed by atoms with Gasteiger partial charge in [0.05, 0.1) is 4.92 Å². The van der Waals surface area contributed by atoms with Gasteiger partial charge in [-0.25, -0.2) is 4.98 Å². The second kappa shape index (κ2) is 9.64. The highest BCUT2D eigenvalue weighted by Gasteiger charge is 2.22. The SMILES string of the molecule is CCC1CCCCN1c1ccc2cccc(OCC(=O)Nc3ccc([N+](=O)[O-])cc3)c2n1. The molecule has 1 aliphatic heterocycles. The normalized spacial score (nSPS) is 16.0. The highest BCUT2D eigenvalue weighted by molar-refractivity contribution is 5.92. The highest BCUT2D eigenvalue weighted by Crippen LogP contribution is 2.30. The number of ether oxygens (including phenoxy) is 1. The summed E-state index contributed by atoms with van der Waals surface area (Å²) in [6, 6.07) is 15.9. The molecule has 2 aromatic carbocycles. The number of pyridine rings is 1. The van der Waals surface area contributed by atoms with Crippen LogP contribution in [0.5, 0.6) is 5.75 Å². The van der Waals surface area contributed by atoms with Crippen molar-refractivity contribution in [1.82, 2.24) is 4.98 Å². The maximum atomic E-state index is 12.3. The molecule has 1 unspecified atom stereocenters. The van der Waals surface area contributed by atoms with Crippen LogP contribution in [0.3, 0.4) is 0 Å². The number of rotatable bonds is 7. The fourth-order valence-corrected chi connectivity index (χ4v) is 4.12. The zero-order valence-corrected chi connectivity index (χ0v) is 18.0. The van der Waals surface area contributed by atoms with Crippen LogP contribution in [0.1, 0.15) is 32.6 Å². The van der Waals surface area contributed by atoms with Crippen molar-refractivity contribution in [3.05, 3.63) is 64.7 Å². The lowest BCUT2D eigenvalue weighted by Crippen LogP contribution is -2.39. The first-order valence-corrected chi connectivity index (χ1v) is 10.9. The molecule has 0 bridgehead atoms. The largest absolute Gasteiger partial charge is 0.481 e. The Kier molecular flexibility index (Phi) is 6.49. The fourth-order valence-electron chi connectivity index (χ4n) is 4.12. The second-order valence-corrected chi connectivity index (χ2v) is 7.89. The summed E-state index contributed by atoms with van der Waals surface area (Å²) in [6.07, 6.45) is 4.68. The Balaban J connectivity index is 1.47. The third-order valence-electron chi connectivity index (χ3n) is 5.78. The molecule has 8 heteroatoms. The number of carbonyl (C=O) groups is 1. The van der Waals surface area contributed by atoms with Crippen LogP contribution in [0, 0.1) is 10.1 Å². The number of anilines is 2. The third kappa shape index (κ3) is 4.80. The maximum Gasteiger partial charge on any atom is 0.269 e. The van der Waals surface area contributed by atoms with Crippen molar-refractivity contribution < 1.29 is 14.5 Å². The number of hydrogen-bond donors (Lipinski definition) is 1. The smallest absolute Gasteiger partial charge is 0.269 e. The van der Waals surface area contributed by atoms with Gasteiger partial charge in [0.2, 0.25) is 0 Å². The van der Waals surface area contributed by atoms with E-state index < -0.39 is 4.92 Å². The summed E-state index contributed by atoms with van der Waals surface area (Å²) in [6.45, 7) is 3.02. The summed E-state index contributed by atoms with van der Waals surface area (Å²) in [5, 5.41) is 14.4. The lowest BCUT2D eigenvalue weighted by atomic mass is 10.00. The van der Waals surface area contributed by atoms with Gasteiger partial charge >= 0.3 is 0 Å². The lowest BCUT2D eigenvalue weighted by molar-refractivity contribution is -0.384. The van der Waals surface area contributed by atoms with Crippen molar-refractivity contribution in [1.29, 1.82) is 0 Å². The average Bonchev–Trinajstić information content (AvgIpc) is 2.82. The molecule has 0 aliphatic carbocycles. The van der Waals surface area contributed by atoms with Crippen LogP contribution in [0.2, 0.25) is 0 Å². The number of nitro groups is 1. The standard InChI is InChI=1S/C24H26N4O4/c1-2-19-7-3-4-15-27(19)22-14-9-17-6-5-8-21(24(17)26-22)32-16-23(29)25-18-10-12-20(13-11-18)28(30)31/h5-6,8-14,19H,2-4,7,15-16H2,1H3,(H,25,29). The van der Waals surface area contributed by atoms with E-state index >= 15 is 0 Å². The minimum absolute atomic E-state index is 0.0316. The number of benzene rings is 2. The van der Waals surface area contributed by atoms with Crippen LogP contribution in [0.4, 0.5) is 17.2 Å². The number of hydrogen-bond acceptors (Lipinski definition) is 6. The number of carbonyl (C=O) groups excluding carboxylic acids is 1. The van der Waals surface area contributed by atoms with Crippen LogP contribution in [0.25, 0.3) is 10.9 Å². The molecule has 0 radical (unpaired) electrons. The van der Waals surface area contributed by atoms with Gasteiger partial charge in [0.25, 0.3) is 11.6 Å². The van der Waals surface area contributed by atoms with E-state index in [1.54, 1.807) is 0 Å². The summed E-state index contributed by atoms with van der Waals surface area (Å²) in [7, 11) is 0. The first-order chi connectivity index (χ1) is 15.5. The van der Waals surface area contributed by atoms with Gasteiger partial charge < -0.3 is 15.0 Å². The van der Waals surface area contributed by atoms with Crippen molar-refractivity contribution in [2.45, 2.75) is 38.6 Å². The van der Waals surface area contributed by atoms with Crippen molar-refractivity contribution >= 4 is 34.0 Å². The van der Waals surface area contributed by atoms with Crippen molar-refractivity contribution in [3.63, 3.8) is 0 Å². The number of piperidine rings is 1. The summed E-state index contributed by atoms with van der Waals surface area (Å²) >= 11 is 0. The average molecular weight is 434 g/mol. The molecule has 8 nitrogen and oxygen atoms in total. The fraction of sp³-hybridized carbons (Fsp3) is 0.333. The van der Waals surface area contributed by atoms with Crippen molar-refractivity contribution in [2.75, 3.05) is 23.4 Å². The molecule has 1 N–H and O–H groups in total. The molecule has 166 valence electrons. The molecule has 1 aromatic heterocycles. The molecule has 0 spiro atoms. The van der Waals surface area contributed by atoms with Gasteiger partial charge in [0.1, 0.15) is 17.1 Å². The molecule has 2 heterocycles. The Bertz CT molecular complexity index is 1120. The van der Waals surface area contributed by atoms with Crippen LogP contribution in [0.15, 0.2) is 54.6 Å². The van der Waals surface area contributed by atoms with Gasteiger partial charge in [-0.2, -0.15) is 0 Å². The number of nitrogens with one attached hydrogen (secondary N) is 1. The van der Waals surface area contributed by atoms with Gasteiger partial charge in [-0.05, 0) is 56.0 Å². The second-order valence-electron chi connectivity index (χ2n) is 7.89. The van der Waals surface area contributed by atoms with E-state index in [0.29, 0.717) is 17.5 Å². The van der Waals surface area contributed by atoms with E-state index in [-0.39, 0.29) is 18.2 Å². The van der Waals surface area contributed by atoms with Gasteiger partial charge in [-0.15, -0.1) is 0 Å². The zero-order chi connectivity index (χ0) is 22.5. The Morgan fingerprint density at radius 2 is 2.00 bits per heavy atom. The monoisotopic (exact) mass is 434 g/mol. The lowest BCUT2D eigenvalue weighted by Gasteiger charge is -2.36. The van der Waals surface area contributed by atoms with Crippen LogP contribution < -0.4 is 15.0 Å². The molecule has 0 saturated carbocycles. The number of non-ortho nitro benzene ring substituents is 1. The van der Waals surface area contributed by atoms with Gasteiger partial charge in [0.15, 0.2) is 6.61 Å². The number of nitro benzene ring substituents is 1. The Labute approximate surface area is 186 Å². The topological polar surface area (TPSA) is 97.6 Å². The first kappa shape index (κ1) is 21.5. The zero-order valence-electron chi connectivity index (χ0n) is 18.0. The van der Waals surface area contributed by atoms with E-state index in [1.807, 2.05) is 24.3 Å². The minimum Gasteiger partial charge on any atom is -0.481 e. The third-order valence-corrected chi connectivity index (χ3v) is 5.78. The molecule has 32 heavy (non-hydrogen) atoms. The summed E-state index contributed by atoms with van der Waals surface area (Å²) < 4.78 is 5.81. The van der Waals surface area contributed by atoms with Crippen LogP contribution >= 0.6 is 0 Å². The Morgan fingerprint density at radius 1 is 1.19 bits per heavy atom. The molecule has 1 saturated heterocycles. The van der Waals surface area contributed by atoms with Crippen molar-refractivity contribution in [3.8, 4) is 5.75 Å². The molecular weight excluding hydrogens is 408 g/mol. The quantitative estimate of drug-likeness (QED) is 0.418. The van der Waals surface area contributed by atoms with E-state index in [9.17, 15) is 14.9 Å². The minimum atomic E-state index is -0.483. The van der Waals surface area contributed by atoms with Gasteiger partial charge in [0, 0.05) is 35.8 Å². The number of para-hydroxylation sites is 1. The molecule has 1 amide bonds. The number of amides is 1. The predicted molar refractivity (Wildman–Crippen MR) is 124 cm³/mol. The van der Waals surface area contributed by atoms with E-state index in [0.717, 1.165) is 36.1 Å². The van der Waals surface area contributed by atoms with Gasteiger partial charge in [-0.3, -0.25) is 14.9 Å². The van der Waals surface area contributed by atoms with E-state index in [4.69, 9.17) is 9.72 Å². The molecule has 4 rings (SSSR count). The highest BCUT2D eigenvalue weighted by atomic mass is 16.6. The molecule has 1 aliphatic rings. The maximum absolute atomic E-state index is 12.3. The molecular formula is C24H26N4O4. The van der Waals surface area contributed by atoms with Crippen molar-refractivity contribution in [2.24, 2.45) is 0 Å². The predicted octanol–water partition coefficient (Wildman–Crippen LogP) is 4.93. The Hall–Kier alpha value is -3.68. The van der Waals surface area contributed by atoms with E-state index in [2.05, 4.69) is 23.2 Å². The van der Waals surface area contributed by atoms with Gasteiger partial charge in [-0.1, -0.05) is 19.1 Å². The Morgan fingerprint density at radius 3 is 2.75 bits per heavy atom. The summed E-state index contributed by atoms with van der Waals surface area (Å²) in [5.41, 5.74) is 1.17. The number of aromatic nitrogens is 1.